The van der Waals surface area contributed by atoms with Gasteiger partial charge in [-0.1, -0.05) is 34.1 Å². The number of rotatable bonds is 6. The number of ether oxygens (including phenoxy) is 1. The van der Waals surface area contributed by atoms with Crippen LogP contribution in [0.4, 0.5) is 0 Å². The Morgan fingerprint density at radius 3 is 2.67 bits per heavy atom. The van der Waals surface area contributed by atoms with Gasteiger partial charge in [0, 0.05) is 11.0 Å². The molecule has 0 radical (unpaired) electrons. The molecule has 0 saturated carbocycles. The Kier molecular flexibility index (Phi) is 5.82. The molecule has 0 aliphatic rings. The van der Waals surface area contributed by atoms with Crippen molar-refractivity contribution in [2.75, 3.05) is 13.2 Å². The fourth-order valence-corrected chi connectivity index (χ4v) is 2.08. The molecule has 0 unspecified atom stereocenters. The molecule has 0 heterocycles. The van der Waals surface area contributed by atoms with Gasteiger partial charge in [0.05, 0.1) is 6.61 Å². The topological polar surface area (TPSA) is 38.3 Å². The maximum atomic E-state index is 11.7. The van der Waals surface area contributed by atoms with Crippen LogP contribution in [0.1, 0.15) is 26.3 Å². The van der Waals surface area contributed by atoms with E-state index in [4.69, 9.17) is 4.74 Å². The standard InChI is InChI=1S/C14H20BrNO2/c1-4-18-13(17)14(2,3)16-10-9-11-7-5-6-8-12(11)15/h5-8,16H,4,9-10H2,1-3H3. The van der Waals surface area contributed by atoms with Gasteiger partial charge in [0.1, 0.15) is 5.54 Å². The Balaban J connectivity index is 2.46. The van der Waals surface area contributed by atoms with Crippen molar-refractivity contribution in [2.24, 2.45) is 0 Å². The minimum absolute atomic E-state index is 0.211. The van der Waals surface area contributed by atoms with Gasteiger partial charge in [0.2, 0.25) is 0 Å². The summed E-state index contributed by atoms with van der Waals surface area (Å²) in [6.07, 6.45) is 0.865. The molecule has 3 nitrogen and oxygen atoms in total. The summed E-state index contributed by atoms with van der Waals surface area (Å²) < 4.78 is 6.12. The van der Waals surface area contributed by atoms with Crippen LogP contribution in [0.3, 0.4) is 0 Å². The van der Waals surface area contributed by atoms with Crippen LogP contribution in [0.15, 0.2) is 28.7 Å². The summed E-state index contributed by atoms with van der Waals surface area (Å²) in [4.78, 5) is 11.7. The highest BCUT2D eigenvalue weighted by molar-refractivity contribution is 9.10. The first-order valence-corrected chi connectivity index (χ1v) is 6.92. The minimum Gasteiger partial charge on any atom is -0.465 e. The Morgan fingerprint density at radius 1 is 1.39 bits per heavy atom. The molecule has 1 N–H and O–H groups in total. The van der Waals surface area contributed by atoms with Gasteiger partial charge in [0.25, 0.3) is 0 Å². The van der Waals surface area contributed by atoms with Crippen molar-refractivity contribution in [3.05, 3.63) is 34.3 Å². The molecule has 0 bridgehead atoms. The highest BCUT2D eigenvalue weighted by atomic mass is 79.9. The summed E-state index contributed by atoms with van der Waals surface area (Å²) in [6, 6.07) is 8.09. The first kappa shape index (κ1) is 15.2. The molecule has 100 valence electrons. The molecule has 0 aliphatic heterocycles. The number of esters is 1. The van der Waals surface area contributed by atoms with E-state index in [1.807, 2.05) is 39.0 Å². The third kappa shape index (κ3) is 4.42. The Morgan fingerprint density at radius 2 is 2.06 bits per heavy atom. The van der Waals surface area contributed by atoms with Gasteiger partial charge in [-0.3, -0.25) is 4.79 Å². The molecule has 18 heavy (non-hydrogen) atoms. The summed E-state index contributed by atoms with van der Waals surface area (Å²) in [5.41, 5.74) is 0.585. The monoisotopic (exact) mass is 313 g/mol. The van der Waals surface area contributed by atoms with E-state index < -0.39 is 5.54 Å². The number of carbonyl (C=O) groups excluding carboxylic acids is 1. The molecule has 0 fully saturated rings. The minimum atomic E-state index is -0.642. The maximum Gasteiger partial charge on any atom is 0.325 e. The molecule has 1 aromatic carbocycles. The fraction of sp³-hybridized carbons (Fsp3) is 0.500. The summed E-state index contributed by atoms with van der Waals surface area (Å²) in [5.74, 6) is -0.211. The van der Waals surface area contributed by atoms with Gasteiger partial charge in [-0.25, -0.2) is 0 Å². The molecule has 0 atom stereocenters. The van der Waals surface area contributed by atoms with E-state index >= 15 is 0 Å². The predicted octanol–water partition coefficient (Wildman–Crippen LogP) is 2.92. The zero-order valence-electron chi connectivity index (χ0n) is 11.1. The van der Waals surface area contributed by atoms with Crippen molar-refractivity contribution in [2.45, 2.75) is 32.7 Å². The van der Waals surface area contributed by atoms with Crippen LogP contribution in [0, 0.1) is 0 Å². The molecule has 1 rings (SSSR count). The summed E-state index contributed by atoms with van der Waals surface area (Å²) >= 11 is 3.51. The van der Waals surface area contributed by atoms with Gasteiger partial charge in [-0.05, 0) is 38.8 Å². The third-order valence-electron chi connectivity index (χ3n) is 2.70. The normalized spacial score (nSPS) is 11.3. The van der Waals surface area contributed by atoms with Crippen LogP contribution in [0.25, 0.3) is 0 Å². The SMILES string of the molecule is CCOC(=O)C(C)(C)NCCc1ccccc1Br. The molecular formula is C14H20BrNO2. The van der Waals surface area contributed by atoms with Crippen molar-refractivity contribution < 1.29 is 9.53 Å². The number of halogens is 1. The highest BCUT2D eigenvalue weighted by Crippen LogP contribution is 2.16. The van der Waals surface area contributed by atoms with Gasteiger partial charge in [-0.2, -0.15) is 0 Å². The third-order valence-corrected chi connectivity index (χ3v) is 3.48. The van der Waals surface area contributed by atoms with E-state index in [2.05, 4.69) is 27.3 Å². The van der Waals surface area contributed by atoms with Crippen molar-refractivity contribution in [3.8, 4) is 0 Å². The zero-order valence-corrected chi connectivity index (χ0v) is 12.7. The molecule has 0 saturated heterocycles. The van der Waals surface area contributed by atoms with Gasteiger partial charge >= 0.3 is 5.97 Å². The molecule has 0 spiro atoms. The van der Waals surface area contributed by atoms with E-state index in [0.29, 0.717) is 6.61 Å². The zero-order chi connectivity index (χ0) is 13.6. The van der Waals surface area contributed by atoms with Gasteiger partial charge < -0.3 is 10.1 Å². The lowest BCUT2D eigenvalue weighted by molar-refractivity contribution is -0.149. The van der Waals surface area contributed by atoms with E-state index in [1.165, 1.54) is 5.56 Å². The van der Waals surface area contributed by atoms with E-state index in [1.54, 1.807) is 0 Å². The van der Waals surface area contributed by atoms with Crippen LogP contribution < -0.4 is 5.32 Å². The predicted molar refractivity (Wildman–Crippen MR) is 76.6 cm³/mol. The van der Waals surface area contributed by atoms with Crippen LogP contribution in [0.2, 0.25) is 0 Å². The maximum absolute atomic E-state index is 11.7. The Labute approximate surface area is 117 Å². The Hall–Kier alpha value is -0.870. The number of hydrogen-bond acceptors (Lipinski definition) is 3. The van der Waals surface area contributed by atoms with Crippen molar-refractivity contribution in [1.82, 2.24) is 5.32 Å². The number of benzene rings is 1. The van der Waals surface area contributed by atoms with Gasteiger partial charge in [-0.15, -0.1) is 0 Å². The van der Waals surface area contributed by atoms with Crippen molar-refractivity contribution in [1.29, 1.82) is 0 Å². The highest BCUT2D eigenvalue weighted by Gasteiger charge is 2.27. The average molecular weight is 314 g/mol. The van der Waals surface area contributed by atoms with E-state index in [0.717, 1.165) is 17.4 Å². The molecular weight excluding hydrogens is 294 g/mol. The number of nitrogens with one attached hydrogen (secondary N) is 1. The first-order chi connectivity index (χ1) is 8.47. The fourth-order valence-electron chi connectivity index (χ4n) is 1.59. The number of hydrogen-bond donors (Lipinski definition) is 1. The summed E-state index contributed by atoms with van der Waals surface area (Å²) in [5, 5.41) is 3.22. The number of carbonyl (C=O) groups is 1. The molecule has 1 aromatic rings. The lowest BCUT2D eigenvalue weighted by Crippen LogP contribution is -2.48. The van der Waals surface area contributed by atoms with E-state index in [-0.39, 0.29) is 5.97 Å². The van der Waals surface area contributed by atoms with Crippen LogP contribution in [-0.4, -0.2) is 24.7 Å². The Bertz CT molecular complexity index is 405. The molecule has 0 aromatic heterocycles. The second kappa shape index (κ2) is 6.90. The lowest BCUT2D eigenvalue weighted by Gasteiger charge is -2.24. The molecule has 4 heteroatoms. The average Bonchev–Trinajstić information content (AvgIpc) is 2.32. The lowest BCUT2D eigenvalue weighted by atomic mass is 10.1. The van der Waals surface area contributed by atoms with Crippen LogP contribution in [0.5, 0.6) is 0 Å². The first-order valence-electron chi connectivity index (χ1n) is 6.13. The quantitative estimate of drug-likeness (QED) is 0.821. The van der Waals surface area contributed by atoms with Crippen molar-refractivity contribution >= 4 is 21.9 Å². The molecule has 0 amide bonds. The summed E-state index contributed by atoms with van der Waals surface area (Å²) in [7, 11) is 0. The largest absolute Gasteiger partial charge is 0.465 e. The molecule has 0 aliphatic carbocycles. The van der Waals surface area contributed by atoms with Crippen molar-refractivity contribution in [3.63, 3.8) is 0 Å². The van der Waals surface area contributed by atoms with Gasteiger partial charge in [0.15, 0.2) is 0 Å². The van der Waals surface area contributed by atoms with E-state index in [9.17, 15) is 4.79 Å². The second-order valence-corrected chi connectivity index (χ2v) is 5.47. The van der Waals surface area contributed by atoms with Crippen LogP contribution >= 0.6 is 15.9 Å². The van der Waals surface area contributed by atoms with Crippen LogP contribution in [-0.2, 0) is 16.0 Å². The second-order valence-electron chi connectivity index (χ2n) is 4.61. The summed E-state index contributed by atoms with van der Waals surface area (Å²) in [6.45, 7) is 6.63. The smallest absolute Gasteiger partial charge is 0.325 e.